The maximum atomic E-state index is 5.92. The molecule has 4 heteroatoms. The molecule has 0 radical (unpaired) electrons. The van der Waals surface area contributed by atoms with Crippen LogP contribution >= 0.6 is 0 Å². The van der Waals surface area contributed by atoms with Crippen molar-refractivity contribution in [3.05, 3.63) is 12.2 Å². The summed E-state index contributed by atoms with van der Waals surface area (Å²) in [7, 11) is 0. The quantitative estimate of drug-likeness (QED) is 0.718. The molecule has 0 atom stereocenters. The van der Waals surface area contributed by atoms with Crippen molar-refractivity contribution < 1.29 is 0 Å². The minimum Gasteiger partial charge on any atom is -0.319 e. The molecule has 0 spiro atoms. The van der Waals surface area contributed by atoms with Gasteiger partial charge in [0.25, 0.3) is 0 Å². The Morgan fingerprint density at radius 1 is 1.50 bits per heavy atom. The monoisotopic (exact) mass is 168 g/mol. The van der Waals surface area contributed by atoms with E-state index in [-0.39, 0.29) is 0 Å². The molecule has 1 aromatic heterocycles. The highest BCUT2D eigenvalue weighted by atomic mass is 15.3. The molecule has 0 amide bonds. The van der Waals surface area contributed by atoms with Crippen molar-refractivity contribution in [2.45, 2.75) is 39.3 Å². The van der Waals surface area contributed by atoms with E-state index in [1.165, 1.54) is 0 Å². The Balaban J connectivity index is 3.08. The molecule has 2 N–H and O–H groups in total. The van der Waals surface area contributed by atoms with Gasteiger partial charge in [0.2, 0.25) is 0 Å². The highest BCUT2D eigenvalue weighted by Gasteiger charge is 2.21. The highest BCUT2D eigenvalue weighted by Crippen LogP contribution is 2.16. The van der Waals surface area contributed by atoms with E-state index in [9.17, 15) is 0 Å². The minimum atomic E-state index is -0.416. The van der Waals surface area contributed by atoms with E-state index in [4.69, 9.17) is 5.73 Å². The lowest BCUT2D eigenvalue weighted by atomic mass is 10.1. The molecule has 0 unspecified atom stereocenters. The van der Waals surface area contributed by atoms with E-state index in [1.54, 1.807) is 6.33 Å². The normalized spacial score (nSPS) is 12.5. The molecule has 4 nitrogen and oxygen atoms in total. The van der Waals surface area contributed by atoms with Crippen LogP contribution in [0.1, 0.15) is 39.6 Å². The van der Waals surface area contributed by atoms with Gasteiger partial charge in [0.05, 0.1) is 5.54 Å². The van der Waals surface area contributed by atoms with Gasteiger partial charge >= 0.3 is 0 Å². The molecule has 68 valence electrons. The summed E-state index contributed by atoms with van der Waals surface area (Å²) in [6.45, 7) is 8.02. The Kier molecular flexibility index (Phi) is 2.19. The number of rotatable bonds is 2. The first-order chi connectivity index (χ1) is 5.43. The molecule has 1 heterocycles. The lowest BCUT2D eigenvalue weighted by Gasteiger charge is -2.20. The fourth-order valence-electron chi connectivity index (χ4n) is 1.08. The van der Waals surface area contributed by atoms with Crippen LogP contribution in [0.15, 0.2) is 6.33 Å². The van der Waals surface area contributed by atoms with Gasteiger partial charge in [-0.05, 0) is 27.7 Å². The molecular formula is C8H16N4. The Morgan fingerprint density at radius 2 is 2.08 bits per heavy atom. The summed E-state index contributed by atoms with van der Waals surface area (Å²) in [5.74, 6) is 0.831. The van der Waals surface area contributed by atoms with Crippen molar-refractivity contribution in [2.24, 2.45) is 5.73 Å². The first-order valence-corrected chi connectivity index (χ1v) is 4.12. The highest BCUT2D eigenvalue weighted by molar-refractivity contribution is 5.01. The molecule has 0 saturated carbocycles. The van der Waals surface area contributed by atoms with Gasteiger partial charge in [-0.25, -0.2) is 0 Å². The lowest BCUT2D eigenvalue weighted by Crippen LogP contribution is -2.33. The van der Waals surface area contributed by atoms with Crippen molar-refractivity contribution in [3.63, 3.8) is 0 Å². The summed E-state index contributed by atoms with van der Waals surface area (Å²) in [6, 6.07) is 0.359. The average Bonchev–Trinajstić information content (AvgIpc) is 2.30. The van der Waals surface area contributed by atoms with Crippen molar-refractivity contribution in [1.29, 1.82) is 0 Å². The Morgan fingerprint density at radius 3 is 2.42 bits per heavy atom. The maximum absolute atomic E-state index is 5.92. The van der Waals surface area contributed by atoms with Gasteiger partial charge in [0, 0.05) is 6.04 Å². The molecule has 0 aromatic carbocycles. The van der Waals surface area contributed by atoms with Crippen LogP contribution in [0, 0.1) is 0 Å². The fourth-order valence-corrected chi connectivity index (χ4v) is 1.08. The molecule has 0 bridgehead atoms. The second kappa shape index (κ2) is 2.86. The average molecular weight is 168 g/mol. The van der Waals surface area contributed by atoms with Gasteiger partial charge in [0.15, 0.2) is 5.82 Å². The standard InChI is InChI=1S/C8H16N4/c1-6(2)12-5-10-11-7(12)8(3,4)9/h5-6H,9H2,1-4H3. The van der Waals surface area contributed by atoms with Crippen molar-refractivity contribution in [1.82, 2.24) is 14.8 Å². The number of hydrogen-bond donors (Lipinski definition) is 1. The van der Waals surface area contributed by atoms with Gasteiger partial charge in [-0.1, -0.05) is 0 Å². The van der Waals surface area contributed by atoms with Crippen LogP contribution in [0.25, 0.3) is 0 Å². The molecule has 0 aliphatic carbocycles. The third-order valence-corrected chi connectivity index (χ3v) is 1.71. The molecule has 0 saturated heterocycles. The molecule has 1 rings (SSSR count). The first kappa shape index (κ1) is 9.19. The maximum Gasteiger partial charge on any atom is 0.152 e. The summed E-state index contributed by atoms with van der Waals surface area (Å²) < 4.78 is 1.99. The number of aromatic nitrogens is 3. The van der Waals surface area contributed by atoms with Crippen LogP contribution in [0.4, 0.5) is 0 Å². The van der Waals surface area contributed by atoms with Crippen LogP contribution in [-0.2, 0) is 5.54 Å². The minimum absolute atomic E-state index is 0.359. The van der Waals surface area contributed by atoms with Crippen molar-refractivity contribution >= 4 is 0 Å². The molecule has 0 aliphatic heterocycles. The van der Waals surface area contributed by atoms with Gasteiger partial charge < -0.3 is 10.3 Å². The topological polar surface area (TPSA) is 56.7 Å². The zero-order valence-electron chi connectivity index (χ0n) is 8.07. The van der Waals surface area contributed by atoms with Crippen LogP contribution in [0.2, 0.25) is 0 Å². The van der Waals surface area contributed by atoms with E-state index in [2.05, 4.69) is 24.0 Å². The second-order valence-corrected chi connectivity index (χ2v) is 3.88. The third-order valence-electron chi connectivity index (χ3n) is 1.71. The summed E-state index contributed by atoms with van der Waals surface area (Å²) in [4.78, 5) is 0. The third kappa shape index (κ3) is 1.64. The SMILES string of the molecule is CC(C)n1cnnc1C(C)(C)N. The van der Waals surface area contributed by atoms with Gasteiger partial charge in [-0.15, -0.1) is 10.2 Å². The smallest absolute Gasteiger partial charge is 0.152 e. The van der Waals surface area contributed by atoms with Crippen LogP contribution in [0.5, 0.6) is 0 Å². The Labute approximate surface area is 72.8 Å². The summed E-state index contributed by atoms with van der Waals surface area (Å²) in [5, 5.41) is 7.84. The molecule has 0 fully saturated rings. The van der Waals surface area contributed by atoms with Gasteiger partial charge in [0.1, 0.15) is 6.33 Å². The zero-order valence-corrected chi connectivity index (χ0v) is 8.07. The lowest BCUT2D eigenvalue weighted by molar-refractivity contribution is 0.450. The van der Waals surface area contributed by atoms with E-state index in [1.807, 2.05) is 18.4 Å². The summed E-state index contributed by atoms with van der Waals surface area (Å²) in [6.07, 6.45) is 1.72. The van der Waals surface area contributed by atoms with Gasteiger partial charge in [-0.3, -0.25) is 0 Å². The molecule has 12 heavy (non-hydrogen) atoms. The number of nitrogens with zero attached hydrogens (tertiary/aromatic N) is 3. The molecular weight excluding hydrogens is 152 g/mol. The van der Waals surface area contributed by atoms with Crippen molar-refractivity contribution in [2.75, 3.05) is 0 Å². The largest absolute Gasteiger partial charge is 0.319 e. The Bertz CT molecular complexity index is 256. The first-order valence-electron chi connectivity index (χ1n) is 4.12. The van der Waals surface area contributed by atoms with Gasteiger partial charge in [-0.2, -0.15) is 0 Å². The second-order valence-electron chi connectivity index (χ2n) is 3.88. The summed E-state index contributed by atoms with van der Waals surface area (Å²) >= 11 is 0. The van der Waals surface area contributed by atoms with Crippen LogP contribution in [0.3, 0.4) is 0 Å². The van der Waals surface area contributed by atoms with E-state index in [0.29, 0.717) is 6.04 Å². The van der Waals surface area contributed by atoms with Crippen molar-refractivity contribution in [3.8, 4) is 0 Å². The predicted molar refractivity (Wildman–Crippen MR) is 47.6 cm³/mol. The number of nitrogens with two attached hydrogens (primary N) is 1. The molecule has 1 aromatic rings. The number of hydrogen-bond acceptors (Lipinski definition) is 3. The molecule has 0 aliphatic rings. The van der Waals surface area contributed by atoms with Crippen LogP contribution in [-0.4, -0.2) is 14.8 Å². The fraction of sp³-hybridized carbons (Fsp3) is 0.750. The Hall–Kier alpha value is -0.900. The predicted octanol–water partition coefficient (Wildman–Crippen LogP) is 1.05. The zero-order chi connectivity index (χ0) is 9.35. The van der Waals surface area contributed by atoms with Crippen LogP contribution < -0.4 is 5.73 Å². The summed E-state index contributed by atoms with van der Waals surface area (Å²) in [5.41, 5.74) is 5.50. The van der Waals surface area contributed by atoms with E-state index < -0.39 is 5.54 Å². The van der Waals surface area contributed by atoms with E-state index in [0.717, 1.165) is 5.82 Å². The van der Waals surface area contributed by atoms with E-state index >= 15 is 0 Å².